The minimum Gasteiger partial charge on any atom is -0.494 e. The third kappa shape index (κ3) is 4.05. The second-order valence-electron chi connectivity index (χ2n) is 4.47. The first-order valence-corrected chi connectivity index (χ1v) is 7.02. The molecule has 5 nitrogen and oxygen atoms in total. The minimum absolute atomic E-state index is 0.349. The number of anilines is 1. The zero-order chi connectivity index (χ0) is 15.9. The van der Waals surface area contributed by atoms with E-state index in [0.717, 1.165) is 5.56 Å². The van der Waals surface area contributed by atoms with E-state index in [-0.39, 0.29) is 6.03 Å². The third-order valence-corrected chi connectivity index (χ3v) is 3.28. The average molecular weight is 321 g/mol. The van der Waals surface area contributed by atoms with Gasteiger partial charge in [-0.25, -0.2) is 4.79 Å². The summed E-state index contributed by atoms with van der Waals surface area (Å²) < 4.78 is 10.5. The molecule has 0 fully saturated rings. The van der Waals surface area contributed by atoms with E-state index in [9.17, 15) is 4.79 Å². The minimum atomic E-state index is -0.349. The lowest BCUT2D eigenvalue weighted by Crippen LogP contribution is -2.28. The Kier molecular flexibility index (Phi) is 5.49. The average Bonchev–Trinajstić information content (AvgIpc) is 2.54. The highest BCUT2D eigenvalue weighted by atomic mass is 35.5. The molecule has 0 heterocycles. The molecule has 0 aliphatic carbocycles. The summed E-state index contributed by atoms with van der Waals surface area (Å²) in [5, 5.41) is 6.16. The lowest BCUT2D eigenvalue weighted by atomic mass is 10.2. The highest BCUT2D eigenvalue weighted by Crippen LogP contribution is 2.33. The Labute approximate surface area is 134 Å². The van der Waals surface area contributed by atoms with Gasteiger partial charge in [-0.1, -0.05) is 29.8 Å². The van der Waals surface area contributed by atoms with Crippen LogP contribution in [0, 0.1) is 0 Å². The van der Waals surface area contributed by atoms with E-state index >= 15 is 0 Å². The van der Waals surface area contributed by atoms with Crippen LogP contribution in [0.15, 0.2) is 42.5 Å². The number of hydrogen-bond acceptors (Lipinski definition) is 3. The molecule has 2 amide bonds. The molecule has 2 aromatic rings. The maximum absolute atomic E-state index is 12.0. The van der Waals surface area contributed by atoms with Gasteiger partial charge in [0, 0.05) is 11.6 Å². The van der Waals surface area contributed by atoms with Crippen molar-refractivity contribution in [2.24, 2.45) is 0 Å². The molecule has 0 bridgehead atoms. The van der Waals surface area contributed by atoms with Crippen molar-refractivity contribution in [2.45, 2.75) is 6.54 Å². The van der Waals surface area contributed by atoms with Gasteiger partial charge < -0.3 is 20.1 Å². The van der Waals surface area contributed by atoms with Crippen molar-refractivity contribution in [3.8, 4) is 11.5 Å². The first kappa shape index (κ1) is 16.0. The van der Waals surface area contributed by atoms with Crippen molar-refractivity contribution >= 4 is 23.3 Å². The van der Waals surface area contributed by atoms with Crippen LogP contribution in [-0.2, 0) is 6.54 Å². The summed E-state index contributed by atoms with van der Waals surface area (Å²) >= 11 is 5.82. The van der Waals surface area contributed by atoms with Crippen LogP contribution in [-0.4, -0.2) is 20.3 Å². The Bertz CT molecular complexity index is 622. The molecular weight excluding hydrogens is 304 g/mol. The summed E-state index contributed by atoms with van der Waals surface area (Å²) in [6.07, 6.45) is 0. The van der Waals surface area contributed by atoms with E-state index in [0.29, 0.717) is 28.8 Å². The lowest BCUT2D eigenvalue weighted by Gasteiger charge is -2.14. The number of para-hydroxylation sites is 1. The van der Waals surface area contributed by atoms with E-state index < -0.39 is 0 Å². The van der Waals surface area contributed by atoms with Crippen LogP contribution in [0.5, 0.6) is 11.5 Å². The van der Waals surface area contributed by atoms with Gasteiger partial charge in [0.05, 0.1) is 14.2 Å². The van der Waals surface area contributed by atoms with Crippen molar-refractivity contribution in [3.05, 3.63) is 53.1 Å². The van der Waals surface area contributed by atoms with E-state index in [1.54, 1.807) is 30.3 Å². The number of hydrogen-bond donors (Lipinski definition) is 2. The van der Waals surface area contributed by atoms with Crippen LogP contribution in [0.1, 0.15) is 5.56 Å². The lowest BCUT2D eigenvalue weighted by molar-refractivity contribution is 0.251. The molecule has 0 spiro atoms. The summed E-state index contributed by atoms with van der Waals surface area (Å²) in [6.45, 7) is 0.389. The molecule has 116 valence electrons. The Morgan fingerprint density at radius 1 is 1.05 bits per heavy atom. The van der Waals surface area contributed by atoms with Crippen LogP contribution < -0.4 is 20.1 Å². The van der Waals surface area contributed by atoms with Gasteiger partial charge in [0.15, 0.2) is 0 Å². The van der Waals surface area contributed by atoms with Gasteiger partial charge in [-0.2, -0.15) is 0 Å². The number of rotatable bonds is 5. The summed E-state index contributed by atoms with van der Waals surface area (Å²) in [5.41, 5.74) is 1.44. The molecule has 0 saturated heterocycles. The van der Waals surface area contributed by atoms with Gasteiger partial charge in [-0.15, -0.1) is 0 Å². The molecule has 2 aromatic carbocycles. The smallest absolute Gasteiger partial charge is 0.319 e. The van der Waals surface area contributed by atoms with Crippen molar-refractivity contribution in [1.29, 1.82) is 0 Å². The van der Waals surface area contributed by atoms with Crippen LogP contribution in [0.25, 0.3) is 0 Å². The predicted molar refractivity (Wildman–Crippen MR) is 86.9 cm³/mol. The third-order valence-electron chi connectivity index (χ3n) is 3.03. The number of carbonyl (C=O) groups is 1. The molecule has 0 aliphatic rings. The highest BCUT2D eigenvalue weighted by molar-refractivity contribution is 6.30. The van der Waals surface area contributed by atoms with Gasteiger partial charge in [-0.3, -0.25) is 0 Å². The summed E-state index contributed by atoms with van der Waals surface area (Å²) in [5.74, 6) is 1.06. The Morgan fingerprint density at radius 3 is 2.18 bits per heavy atom. The SMILES string of the molecule is COc1cccc(OC)c1NC(=O)NCc1ccc(Cl)cc1. The van der Waals surface area contributed by atoms with Gasteiger partial charge in [0.25, 0.3) is 0 Å². The Balaban J connectivity index is 2.01. The Hall–Kier alpha value is -2.40. The molecule has 0 aliphatic heterocycles. The number of carbonyl (C=O) groups excluding carboxylic acids is 1. The fraction of sp³-hybridized carbons (Fsp3) is 0.188. The highest BCUT2D eigenvalue weighted by Gasteiger charge is 2.12. The Morgan fingerprint density at radius 2 is 1.64 bits per heavy atom. The number of halogens is 1. The number of benzene rings is 2. The monoisotopic (exact) mass is 320 g/mol. The molecule has 0 unspecified atom stereocenters. The van der Waals surface area contributed by atoms with Gasteiger partial charge in [0.1, 0.15) is 17.2 Å². The standard InChI is InChI=1S/C16H17ClN2O3/c1-21-13-4-3-5-14(22-2)15(13)19-16(20)18-10-11-6-8-12(17)9-7-11/h3-9H,10H2,1-2H3,(H2,18,19,20). The molecule has 2 rings (SSSR count). The first-order valence-electron chi connectivity index (χ1n) is 6.64. The van der Waals surface area contributed by atoms with Gasteiger partial charge >= 0.3 is 6.03 Å². The van der Waals surface area contributed by atoms with E-state index in [2.05, 4.69) is 10.6 Å². The number of amides is 2. The quantitative estimate of drug-likeness (QED) is 0.883. The predicted octanol–water partition coefficient (Wildman–Crippen LogP) is 3.68. The zero-order valence-corrected chi connectivity index (χ0v) is 13.1. The van der Waals surface area contributed by atoms with E-state index in [4.69, 9.17) is 21.1 Å². The molecule has 0 radical (unpaired) electrons. The van der Waals surface area contributed by atoms with Crippen LogP contribution in [0.2, 0.25) is 5.02 Å². The summed E-state index contributed by atoms with van der Waals surface area (Å²) in [4.78, 5) is 12.0. The molecule has 0 aromatic heterocycles. The first-order chi connectivity index (χ1) is 10.6. The van der Waals surface area contributed by atoms with Gasteiger partial charge in [-0.05, 0) is 29.8 Å². The molecule has 0 saturated carbocycles. The maximum Gasteiger partial charge on any atom is 0.319 e. The van der Waals surface area contributed by atoms with Crippen LogP contribution in [0.4, 0.5) is 10.5 Å². The number of nitrogens with one attached hydrogen (secondary N) is 2. The summed E-state index contributed by atoms with van der Waals surface area (Å²) in [6, 6.07) is 12.2. The van der Waals surface area contributed by atoms with Crippen LogP contribution >= 0.6 is 11.6 Å². The second-order valence-corrected chi connectivity index (χ2v) is 4.91. The number of methoxy groups -OCH3 is 2. The fourth-order valence-electron chi connectivity index (χ4n) is 1.92. The normalized spacial score (nSPS) is 9.95. The largest absolute Gasteiger partial charge is 0.494 e. The van der Waals surface area contributed by atoms with E-state index in [1.807, 2.05) is 12.1 Å². The zero-order valence-electron chi connectivity index (χ0n) is 12.4. The molecular formula is C16H17ClN2O3. The fourth-order valence-corrected chi connectivity index (χ4v) is 2.04. The van der Waals surface area contributed by atoms with Crippen molar-refractivity contribution < 1.29 is 14.3 Å². The van der Waals surface area contributed by atoms with E-state index in [1.165, 1.54) is 14.2 Å². The molecule has 22 heavy (non-hydrogen) atoms. The van der Waals surface area contributed by atoms with Crippen LogP contribution in [0.3, 0.4) is 0 Å². The van der Waals surface area contributed by atoms with Crippen molar-refractivity contribution in [2.75, 3.05) is 19.5 Å². The topological polar surface area (TPSA) is 59.6 Å². The number of urea groups is 1. The summed E-state index contributed by atoms with van der Waals surface area (Å²) in [7, 11) is 3.07. The maximum atomic E-state index is 12.0. The molecule has 0 atom stereocenters. The van der Waals surface area contributed by atoms with Crippen molar-refractivity contribution in [3.63, 3.8) is 0 Å². The van der Waals surface area contributed by atoms with Crippen molar-refractivity contribution in [1.82, 2.24) is 5.32 Å². The molecule has 6 heteroatoms. The molecule has 2 N–H and O–H groups in total. The second kappa shape index (κ2) is 7.56. The number of ether oxygens (including phenoxy) is 2. The van der Waals surface area contributed by atoms with Gasteiger partial charge in [0.2, 0.25) is 0 Å².